The van der Waals surface area contributed by atoms with Crippen molar-refractivity contribution in [3.05, 3.63) is 0 Å². The van der Waals surface area contributed by atoms with E-state index in [-0.39, 0.29) is 5.92 Å². The number of carboxylic acids is 1. The zero-order chi connectivity index (χ0) is 22.0. The summed E-state index contributed by atoms with van der Waals surface area (Å²) in [6.45, 7) is 3.11. The van der Waals surface area contributed by atoms with Gasteiger partial charge in [0.1, 0.15) is 18.1 Å². The van der Waals surface area contributed by atoms with Gasteiger partial charge < -0.3 is 42.1 Å². The lowest BCUT2D eigenvalue weighted by Gasteiger charge is -2.27. The molecular formula is C16H30N4O8. The molecule has 0 saturated heterocycles. The number of aliphatic hydroxyl groups is 3. The quantitative estimate of drug-likeness (QED) is 0.160. The third-order valence-electron chi connectivity index (χ3n) is 4.19. The van der Waals surface area contributed by atoms with Gasteiger partial charge in [-0.3, -0.25) is 14.4 Å². The van der Waals surface area contributed by atoms with Crippen LogP contribution in [0.5, 0.6) is 0 Å². The fourth-order valence-corrected chi connectivity index (χ4v) is 2.14. The minimum Gasteiger partial charge on any atom is -0.480 e. The number of rotatable bonds is 12. The molecule has 12 heteroatoms. The lowest BCUT2D eigenvalue weighted by molar-refractivity contribution is -0.145. The predicted molar refractivity (Wildman–Crippen MR) is 96.7 cm³/mol. The van der Waals surface area contributed by atoms with Gasteiger partial charge in [-0.2, -0.15) is 0 Å². The second kappa shape index (κ2) is 12.2. The largest absolute Gasteiger partial charge is 0.480 e. The number of aliphatic hydroxyl groups excluding tert-OH is 3. The normalized spacial score (nSPS) is 17.4. The Labute approximate surface area is 162 Å². The van der Waals surface area contributed by atoms with E-state index in [1.165, 1.54) is 0 Å². The maximum Gasteiger partial charge on any atom is 0.328 e. The summed E-state index contributed by atoms with van der Waals surface area (Å²) in [7, 11) is 0. The highest BCUT2D eigenvalue weighted by molar-refractivity contribution is 5.94. The van der Waals surface area contributed by atoms with Gasteiger partial charge in [0.25, 0.3) is 0 Å². The summed E-state index contributed by atoms with van der Waals surface area (Å²) < 4.78 is 0. The monoisotopic (exact) mass is 406 g/mol. The number of carboxylic acid groups (broad SMARTS) is 1. The van der Waals surface area contributed by atoms with Crippen molar-refractivity contribution >= 4 is 23.7 Å². The SMILES string of the molecule is CCC(C)C(NC(=O)C(N)CO)C(=O)NC(CO)C(=O)NC(C(=O)O)C(C)O. The molecule has 0 aliphatic heterocycles. The van der Waals surface area contributed by atoms with Gasteiger partial charge in [-0.1, -0.05) is 20.3 Å². The van der Waals surface area contributed by atoms with Crippen molar-refractivity contribution in [1.29, 1.82) is 0 Å². The Morgan fingerprint density at radius 1 is 0.893 bits per heavy atom. The van der Waals surface area contributed by atoms with Crippen LogP contribution in [0.4, 0.5) is 0 Å². The van der Waals surface area contributed by atoms with Gasteiger partial charge in [-0.25, -0.2) is 4.79 Å². The van der Waals surface area contributed by atoms with Gasteiger partial charge in [-0.05, 0) is 12.8 Å². The molecule has 0 rings (SSSR count). The second-order valence-electron chi connectivity index (χ2n) is 6.47. The highest BCUT2D eigenvalue weighted by Gasteiger charge is 2.33. The van der Waals surface area contributed by atoms with Crippen molar-refractivity contribution in [2.45, 2.75) is 57.5 Å². The van der Waals surface area contributed by atoms with Crippen molar-refractivity contribution in [2.24, 2.45) is 11.7 Å². The number of hydrogen-bond acceptors (Lipinski definition) is 8. The molecule has 6 unspecified atom stereocenters. The van der Waals surface area contributed by atoms with Gasteiger partial charge in [0.2, 0.25) is 17.7 Å². The average Bonchev–Trinajstić information content (AvgIpc) is 2.65. The minimum absolute atomic E-state index is 0.374. The number of aliphatic carboxylic acids is 1. The molecule has 0 spiro atoms. The number of amides is 3. The van der Waals surface area contributed by atoms with Crippen LogP contribution in [0.2, 0.25) is 0 Å². The Bertz CT molecular complexity index is 557. The number of nitrogens with one attached hydrogen (secondary N) is 3. The molecule has 12 nitrogen and oxygen atoms in total. The molecule has 0 aliphatic rings. The van der Waals surface area contributed by atoms with Crippen LogP contribution in [0.3, 0.4) is 0 Å². The third kappa shape index (κ3) is 7.76. The predicted octanol–water partition coefficient (Wildman–Crippen LogP) is -3.74. The van der Waals surface area contributed by atoms with E-state index >= 15 is 0 Å². The third-order valence-corrected chi connectivity index (χ3v) is 4.19. The summed E-state index contributed by atoms with van der Waals surface area (Å²) in [5.41, 5.74) is 5.42. The minimum atomic E-state index is -1.63. The Morgan fingerprint density at radius 3 is 1.82 bits per heavy atom. The number of hydrogen-bond donors (Lipinski definition) is 8. The molecule has 0 aromatic heterocycles. The summed E-state index contributed by atoms with van der Waals surface area (Å²) in [6.07, 6.45) is -0.935. The molecule has 0 saturated carbocycles. The molecular weight excluding hydrogens is 376 g/mol. The van der Waals surface area contributed by atoms with Crippen molar-refractivity contribution in [1.82, 2.24) is 16.0 Å². The maximum atomic E-state index is 12.5. The summed E-state index contributed by atoms with van der Waals surface area (Å²) in [6, 6.07) is -5.49. The van der Waals surface area contributed by atoms with Crippen LogP contribution in [0.15, 0.2) is 0 Å². The van der Waals surface area contributed by atoms with Crippen LogP contribution < -0.4 is 21.7 Å². The zero-order valence-corrected chi connectivity index (χ0v) is 16.1. The second-order valence-corrected chi connectivity index (χ2v) is 6.47. The van der Waals surface area contributed by atoms with E-state index in [1.54, 1.807) is 13.8 Å². The Balaban J connectivity index is 5.25. The molecule has 28 heavy (non-hydrogen) atoms. The van der Waals surface area contributed by atoms with Gasteiger partial charge in [0.15, 0.2) is 6.04 Å². The van der Waals surface area contributed by atoms with Gasteiger partial charge >= 0.3 is 5.97 Å². The number of carbonyl (C=O) groups excluding carboxylic acids is 3. The maximum absolute atomic E-state index is 12.5. The summed E-state index contributed by atoms with van der Waals surface area (Å²) >= 11 is 0. The molecule has 0 aromatic rings. The summed E-state index contributed by atoms with van der Waals surface area (Å²) in [4.78, 5) is 47.6. The zero-order valence-electron chi connectivity index (χ0n) is 16.1. The fraction of sp³-hybridized carbons (Fsp3) is 0.750. The highest BCUT2D eigenvalue weighted by Crippen LogP contribution is 2.09. The van der Waals surface area contributed by atoms with E-state index in [2.05, 4.69) is 10.6 Å². The van der Waals surface area contributed by atoms with Crippen LogP contribution in [0, 0.1) is 5.92 Å². The Hall–Kier alpha value is -2.28. The molecule has 9 N–H and O–H groups in total. The van der Waals surface area contributed by atoms with Crippen molar-refractivity contribution in [2.75, 3.05) is 13.2 Å². The van der Waals surface area contributed by atoms with E-state index in [4.69, 9.17) is 15.9 Å². The topological polar surface area (TPSA) is 211 Å². The van der Waals surface area contributed by atoms with Crippen molar-refractivity contribution in [3.8, 4) is 0 Å². The first kappa shape index (κ1) is 25.7. The van der Waals surface area contributed by atoms with Crippen LogP contribution >= 0.6 is 0 Å². The Kier molecular flexibility index (Phi) is 11.2. The van der Waals surface area contributed by atoms with Gasteiger partial charge in [0, 0.05) is 0 Å². The molecule has 0 fully saturated rings. The standard InChI is InChI=1S/C16H30N4O8/c1-4-7(2)11(19-13(24)9(17)5-21)15(26)18-10(6-22)14(25)20-12(8(3)23)16(27)28/h7-12,21-23H,4-6,17H2,1-3H3,(H,18,26)(H,19,24)(H,20,25)(H,27,28). The molecule has 3 amide bonds. The van der Waals surface area contributed by atoms with E-state index in [1.807, 2.05) is 5.32 Å². The van der Waals surface area contributed by atoms with Crippen LogP contribution in [0.25, 0.3) is 0 Å². The molecule has 6 atom stereocenters. The highest BCUT2D eigenvalue weighted by atomic mass is 16.4. The van der Waals surface area contributed by atoms with Gasteiger partial charge in [0.05, 0.1) is 19.3 Å². The van der Waals surface area contributed by atoms with E-state index in [9.17, 15) is 29.4 Å². The van der Waals surface area contributed by atoms with Gasteiger partial charge in [-0.15, -0.1) is 0 Å². The fourth-order valence-electron chi connectivity index (χ4n) is 2.14. The first-order valence-electron chi connectivity index (χ1n) is 8.79. The molecule has 0 radical (unpaired) electrons. The smallest absolute Gasteiger partial charge is 0.328 e. The average molecular weight is 406 g/mol. The first-order chi connectivity index (χ1) is 13.0. The van der Waals surface area contributed by atoms with Crippen molar-refractivity contribution in [3.63, 3.8) is 0 Å². The number of carbonyl (C=O) groups is 4. The first-order valence-corrected chi connectivity index (χ1v) is 8.79. The number of nitrogens with two attached hydrogens (primary N) is 1. The molecule has 0 aliphatic carbocycles. The summed E-state index contributed by atoms with van der Waals surface area (Å²) in [5.74, 6) is -4.46. The van der Waals surface area contributed by atoms with Crippen LogP contribution in [0.1, 0.15) is 27.2 Å². The van der Waals surface area contributed by atoms with Crippen LogP contribution in [-0.4, -0.2) is 87.6 Å². The lowest BCUT2D eigenvalue weighted by Crippen LogP contribution is -2.60. The molecule has 0 aromatic carbocycles. The molecule has 0 bridgehead atoms. The van der Waals surface area contributed by atoms with E-state index < -0.39 is 67.2 Å². The van der Waals surface area contributed by atoms with E-state index in [0.717, 1.165) is 6.92 Å². The Morgan fingerprint density at radius 2 is 1.43 bits per heavy atom. The lowest BCUT2D eigenvalue weighted by atomic mass is 9.97. The molecule has 0 heterocycles. The van der Waals surface area contributed by atoms with Crippen molar-refractivity contribution < 1.29 is 39.6 Å². The summed E-state index contributed by atoms with van der Waals surface area (Å²) in [5, 5.41) is 43.4. The van der Waals surface area contributed by atoms with E-state index in [0.29, 0.717) is 6.42 Å². The molecule has 162 valence electrons. The van der Waals surface area contributed by atoms with Crippen LogP contribution in [-0.2, 0) is 19.2 Å².